The minimum absolute atomic E-state index is 0. The van der Waals surface area contributed by atoms with Crippen molar-refractivity contribution >= 4 is 49.2 Å². The molecule has 48 valence electrons. The third-order valence-electron chi connectivity index (χ3n) is 0.960. The molecule has 0 amide bonds. The van der Waals surface area contributed by atoms with Crippen LogP contribution in [0.2, 0.25) is 0 Å². The lowest BCUT2D eigenvalue weighted by Gasteiger charge is -1.62. The molecule has 2 heterocycles. The number of hydrogen-bond acceptors (Lipinski definition) is 3. The van der Waals surface area contributed by atoms with Crippen molar-refractivity contribution in [3.63, 3.8) is 0 Å². The average molecular weight is 222 g/mol. The van der Waals surface area contributed by atoms with E-state index in [2.05, 4.69) is 16.4 Å². The summed E-state index contributed by atoms with van der Waals surface area (Å²) < 4.78 is 1.30. The summed E-state index contributed by atoms with van der Waals surface area (Å²) in [5.41, 5.74) is 1.88. The van der Waals surface area contributed by atoms with Crippen molar-refractivity contribution in [1.82, 2.24) is 4.98 Å². The number of hydrogen-bond donors (Lipinski definition) is 0. The van der Waals surface area contributed by atoms with Gasteiger partial charge in [-0.15, -0.1) is 39.7 Å². The fraction of sp³-hybridized carbons (Fsp3) is 0. The van der Waals surface area contributed by atoms with Crippen molar-refractivity contribution in [3.05, 3.63) is 17.0 Å². The highest BCUT2D eigenvalue weighted by atomic mass is 79.9. The Morgan fingerprint density at radius 2 is 2.22 bits per heavy atom. The number of aromatic nitrogens is 1. The summed E-state index contributed by atoms with van der Waals surface area (Å²) in [6, 6.07) is 2.09. The number of nitrogens with zero attached hydrogens (tertiary/aromatic N) is 1. The zero-order chi connectivity index (χ0) is 5.40. The van der Waals surface area contributed by atoms with Gasteiger partial charge in [0, 0.05) is 0 Å². The topological polar surface area (TPSA) is 12.9 Å². The van der Waals surface area contributed by atoms with Crippen molar-refractivity contribution in [2.75, 3.05) is 0 Å². The third kappa shape index (κ3) is 1.15. The largest absolute Gasteiger partial charge is 0.234 e. The van der Waals surface area contributed by atoms with Gasteiger partial charge in [0.05, 0.1) is 10.2 Å². The standard InChI is InChI=1S/C5H3NS2.BrH/c1-2-7-5-4(1)8-3-6-5;/h1-3H;1H. The van der Waals surface area contributed by atoms with E-state index < -0.39 is 0 Å². The SMILES string of the molecule is Br.c1nc2sccc2s1. The average Bonchev–Trinajstić information content (AvgIpc) is 2.15. The lowest BCUT2D eigenvalue weighted by molar-refractivity contribution is 1.54. The molecule has 0 aliphatic carbocycles. The molecule has 9 heavy (non-hydrogen) atoms. The lowest BCUT2D eigenvalue weighted by Crippen LogP contribution is -1.46. The molecule has 0 fully saturated rings. The molecule has 4 heteroatoms. The van der Waals surface area contributed by atoms with Crippen LogP contribution < -0.4 is 0 Å². The van der Waals surface area contributed by atoms with E-state index in [9.17, 15) is 0 Å². The van der Waals surface area contributed by atoms with Gasteiger partial charge >= 0.3 is 0 Å². The van der Waals surface area contributed by atoms with Gasteiger partial charge in [0.2, 0.25) is 0 Å². The summed E-state index contributed by atoms with van der Waals surface area (Å²) in [4.78, 5) is 5.28. The van der Waals surface area contributed by atoms with Gasteiger partial charge in [-0.3, -0.25) is 0 Å². The molecular weight excluding hydrogens is 218 g/mol. The first-order chi connectivity index (χ1) is 3.97. The Hall–Kier alpha value is 0.0700. The fourth-order valence-corrected chi connectivity index (χ4v) is 2.25. The number of thiazole rings is 1. The van der Waals surface area contributed by atoms with Crippen LogP contribution in [0.5, 0.6) is 0 Å². The van der Waals surface area contributed by atoms with Crippen LogP contribution in [0.1, 0.15) is 0 Å². The maximum absolute atomic E-state index is 4.12. The molecule has 0 atom stereocenters. The van der Waals surface area contributed by atoms with Gasteiger partial charge in [0.15, 0.2) is 0 Å². The first kappa shape index (κ1) is 7.18. The first-order valence-corrected chi connectivity index (χ1v) is 3.99. The Kier molecular flexibility index (Phi) is 2.21. The second kappa shape index (κ2) is 2.77. The highest BCUT2D eigenvalue weighted by molar-refractivity contribution is 8.93. The lowest BCUT2D eigenvalue weighted by atomic mass is 10.6. The van der Waals surface area contributed by atoms with Gasteiger partial charge in [-0.25, -0.2) is 4.98 Å². The van der Waals surface area contributed by atoms with Gasteiger partial charge in [0.1, 0.15) is 4.83 Å². The normalized spacial score (nSPS) is 9.33. The van der Waals surface area contributed by atoms with Crippen LogP contribution in [0, 0.1) is 0 Å². The smallest absolute Gasteiger partial charge is 0.134 e. The van der Waals surface area contributed by atoms with Crippen molar-refractivity contribution in [3.8, 4) is 0 Å². The third-order valence-corrected chi connectivity index (χ3v) is 2.70. The van der Waals surface area contributed by atoms with Gasteiger partial charge in [-0.1, -0.05) is 0 Å². The second-order valence-corrected chi connectivity index (χ2v) is 3.22. The van der Waals surface area contributed by atoms with Crippen LogP contribution in [0.25, 0.3) is 9.53 Å². The molecule has 0 N–H and O–H groups in total. The van der Waals surface area contributed by atoms with Gasteiger partial charge < -0.3 is 0 Å². The zero-order valence-electron chi connectivity index (χ0n) is 4.40. The van der Waals surface area contributed by atoms with Gasteiger partial charge in [0.25, 0.3) is 0 Å². The quantitative estimate of drug-likeness (QED) is 0.667. The van der Waals surface area contributed by atoms with E-state index in [-0.39, 0.29) is 17.0 Å². The number of halogens is 1. The molecule has 0 unspecified atom stereocenters. The number of fused-ring (bicyclic) bond motifs is 1. The molecule has 0 aliphatic rings. The molecule has 0 saturated heterocycles. The van der Waals surface area contributed by atoms with Crippen molar-refractivity contribution < 1.29 is 0 Å². The summed E-state index contributed by atoms with van der Waals surface area (Å²) in [5, 5.41) is 2.06. The monoisotopic (exact) mass is 221 g/mol. The molecule has 0 spiro atoms. The van der Waals surface area contributed by atoms with Crippen LogP contribution in [0.15, 0.2) is 17.0 Å². The molecule has 1 nitrogen and oxygen atoms in total. The Morgan fingerprint density at radius 3 is 3.00 bits per heavy atom. The predicted molar refractivity (Wildman–Crippen MR) is 47.8 cm³/mol. The van der Waals surface area contributed by atoms with Crippen LogP contribution >= 0.6 is 39.7 Å². The van der Waals surface area contributed by atoms with Crippen LogP contribution in [-0.2, 0) is 0 Å². The molecule has 2 rings (SSSR count). The molecule has 0 aromatic carbocycles. The Labute approximate surface area is 71.1 Å². The maximum Gasteiger partial charge on any atom is 0.134 e. The Morgan fingerprint density at radius 1 is 1.33 bits per heavy atom. The summed E-state index contributed by atoms with van der Waals surface area (Å²) in [6.07, 6.45) is 0. The summed E-state index contributed by atoms with van der Waals surface area (Å²) in [5.74, 6) is 0. The Bertz CT molecular complexity index is 236. The molecule has 0 saturated carbocycles. The van der Waals surface area contributed by atoms with E-state index in [4.69, 9.17) is 0 Å². The molecule has 2 aromatic rings. The van der Waals surface area contributed by atoms with E-state index in [0.717, 1.165) is 4.83 Å². The summed E-state index contributed by atoms with van der Waals surface area (Å²) in [6.45, 7) is 0. The second-order valence-electron chi connectivity index (χ2n) is 1.44. The fourth-order valence-electron chi connectivity index (χ4n) is 0.604. The highest BCUT2D eigenvalue weighted by Gasteiger charge is 1.92. The minimum Gasteiger partial charge on any atom is -0.234 e. The van der Waals surface area contributed by atoms with E-state index in [0.29, 0.717) is 0 Å². The number of thiophene rings is 1. The summed E-state index contributed by atoms with van der Waals surface area (Å²) in [7, 11) is 0. The maximum atomic E-state index is 4.12. The van der Waals surface area contributed by atoms with E-state index in [1.807, 2.05) is 5.51 Å². The minimum atomic E-state index is 0. The van der Waals surface area contributed by atoms with Crippen molar-refractivity contribution in [2.45, 2.75) is 0 Å². The first-order valence-electron chi connectivity index (χ1n) is 2.23. The zero-order valence-corrected chi connectivity index (χ0v) is 7.75. The van der Waals surface area contributed by atoms with Gasteiger partial charge in [-0.2, -0.15) is 0 Å². The van der Waals surface area contributed by atoms with Crippen molar-refractivity contribution in [1.29, 1.82) is 0 Å². The predicted octanol–water partition coefficient (Wildman–Crippen LogP) is 2.94. The summed E-state index contributed by atoms with van der Waals surface area (Å²) >= 11 is 3.39. The van der Waals surface area contributed by atoms with Crippen LogP contribution in [0.4, 0.5) is 0 Å². The Balaban J connectivity index is 0.000000405. The molecule has 2 aromatic heterocycles. The number of rotatable bonds is 0. The van der Waals surface area contributed by atoms with Crippen molar-refractivity contribution in [2.24, 2.45) is 0 Å². The highest BCUT2D eigenvalue weighted by Crippen LogP contribution is 2.21. The van der Waals surface area contributed by atoms with Gasteiger partial charge in [-0.05, 0) is 11.4 Å². The van der Waals surface area contributed by atoms with E-state index >= 15 is 0 Å². The molecule has 0 radical (unpaired) electrons. The molecule has 0 bridgehead atoms. The van der Waals surface area contributed by atoms with E-state index in [1.54, 1.807) is 22.7 Å². The molecule has 0 aliphatic heterocycles. The van der Waals surface area contributed by atoms with E-state index in [1.165, 1.54) is 4.70 Å². The van der Waals surface area contributed by atoms with Crippen LogP contribution in [0.3, 0.4) is 0 Å². The molecular formula is C5H4BrNS2. The van der Waals surface area contributed by atoms with Crippen LogP contribution in [-0.4, -0.2) is 4.98 Å².